The number of aromatic nitrogens is 4. The van der Waals surface area contributed by atoms with Crippen LogP contribution < -0.4 is 10.6 Å². The van der Waals surface area contributed by atoms with Crippen molar-refractivity contribution in [2.45, 2.75) is 31.2 Å². The predicted molar refractivity (Wildman–Crippen MR) is 98.5 cm³/mol. The highest BCUT2D eigenvalue weighted by Gasteiger charge is 2.30. The molecular weight excluding hydrogens is 360 g/mol. The molecule has 7 nitrogen and oxygen atoms in total. The van der Waals surface area contributed by atoms with Crippen LogP contribution >= 0.6 is 23.4 Å². The van der Waals surface area contributed by atoms with Gasteiger partial charge in [-0.3, -0.25) is 4.79 Å². The second-order valence-electron chi connectivity index (χ2n) is 6.37. The van der Waals surface area contributed by atoms with Crippen molar-refractivity contribution in [3.05, 3.63) is 29.0 Å². The molecule has 2 aromatic rings. The van der Waals surface area contributed by atoms with Crippen LogP contribution in [-0.2, 0) is 4.79 Å². The number of amides is 1. The summed E-state index contributed by atoms with van der Waals surface area (Å²) in [5, 5.41) is 18.8. The Labute approximate surface area is 154 Å². The minimum atomic E-state index is -0.00703. The standard InChI is InChI=1S/C16H19ClN6OS/c17-13-4-3-11(19-15(24)8-12-9-25-6-5-18-12)7-14(13)23-16(10-1-2-10)20-21-22-23/h3-4,7,10,12,18H,1-2,5-6,8-9H2,(H,19,24). The van der Waals surface area contributed by atoms with Crippen LogP contribution in [0.25, 0.3) is 5.69 Å². The summed E-state index contributed by atoms with van der Waals surface area (Å²) in [5.41, 5.74) is 1.39. The largest absolute Gasteiger partial charge is 0.326 e. The number of hydrogen-bond acceptors (Lipinski definition) is 6. The molecule has 0 radical (unpaired) electrons. The molecule has 1 unspecified atom stereocenters. The number of carbonyl (C=O) groups excluding carboxylic acids is 1. The van der Waals surface area contributed by atoms with E-state index >= 15 is 0 Å². The molecule has 1 saturated heterocycles. The Morgan fingerprint density at radius 3 is 3.08 bits per heavy atom. The van der Waals surface area contributed by atoms with Gasteiger partial charge in [0.25, 0.3) is 0 Å². The molecule has 2 N–H and O–H groups in total. The molecule has 1 amide bonds. The Kier molecular flexibility index (Phi) is 4.91. The maximum absolute atomic E-state index is 12.3. The topological polar surface area (TPSA) is 84.7 Å². The zero-order chi connectivity index (χ0) is 17.2. The van der Waals surface area contributed by atoms with E-state index in [0.29, 0.717) is 28.7 Å². The van der Waals surface area contributed by atoms with Crippen LogP contribution in [0.15, 0.2) is 18.2 Å². The van der Waals surface area contributed by atoms with Crippen LogP contribution in [0.2, 0.25) is 5.02 Å². The van der Waals surface area contributed by atoms with Gasteiger partial charge in [0.15, 0.2) is 5.82 Å². The van der Waals surface area contributed by atoms with Gasteiger partial charge in [-0.1, -0.05) is 11.6 Å². The van der Waals surface area contributed by atoms with E-state index in [4.69, 9.17) is 11.6 Å². The summed E-state index contributed by atoms with van der Waals surface area (Å²) in [6.07, 6.45) is 2.66. The van der Waals surface area contributed by atoms with Crippen molar-refractivity contribution >= 4 is 35.0 Å². The van der Waals surface area contributed by atoms with E-state index in [1.807, 2.05) is 17.8 Å². The van der Waals surface area contributed by atoms with E-state index < -0.39 is 0 Å². The molecule has 2 heterocycles. The normalized spacial score (nSPS) is 20.4. The van der Waals surface area contributed by atoms with Crippen molar-refractivity contribution in [2.75, 3.05) is 23.4 Å². The lowest BCUT2D eigenvalue weighted by Gasteiger charge is -2.22. The average Bonchev–Trinajstić information content (AvgIpc) is 3.34. The number of tetrazole rings is 1. The van der Waals surface area contributed by atoms with Gasteiger partial charge in [-0.25, -0.2) is 0 Å². The summed E-state index contributed by atoms with van der Waals surface area (Å²) in [5.74, 6) is 3.29. The molecule has 2 aliphatic rings. The molecule has 1 aliphatic carbocycles. The number of benzene rings is 1. The van der Waals surface area contributed by atoms with Gasteiger partial charge in [0, 0.05) is 42.1 Å². The molecule has 1 saturated carbocycles. The fourth-order valence-electron chi connectivity index (χ4n) is 2.90. The van der Waals surface area contributed by atoms with E-state index in [2.05, 4.69) is 26.2 Å². The second kappa shape index (κ2) is 7.31. The first-order valence-corrected chi connectivity index (χ1v) is 9.93. The summed E-state index contributed by atoms with van der Waals surface area (Å²) < 4.78 is 1.68. The summed E-state index contributed by atoms with van der Waals surface area (Å²) in [6.45, 7) is 0.955. The first kappa shape index (κ1) is 16.8. The van der Waals surface area contributed by atoms with Gasteiger partial charge in [0.05, 0.1) is 10.7 Å². The third-order valence-corrected chi connectivity index (χ3v) is 5.77. The van der Waals surface area contributed by atoms with E-state index in [9.17, 15) is 4.79 Å². The molecule has 1 aliphatic heterocycles. The molecule has 0 spiro atoms. The summed E-state index contributed by atoms with van der Waals surface area (Å²) in [6, 6.07) is 5.62. The van der Waals surface area contributed by atoms with E-state index in [1.165, 1.54) is 0 Å². The lowest BCUT2D eigenvalue weighted by molar-refractivity contribution is -0.116. The lowest BCUT2D eigenvalue weighted by atomic mass is 10.2. The molecule has 1 aromatic heterocycles. The lowest BCUT2D eigenvalue weighted by Crippen LogP contribution is -2.39. The van der Waals surface area contributed by atoms with E-state index in [1.54, 1.807) is 16.8 Å². The molecule has 132 valence electrons. The zero-order valence-corrected chi connectivity index (χ0v) is 15.2. The minimum Gasteiger partial charge on any atom is -0.326 e. The van der Waals surface area contributed by atoms with Gasteiger partial charge < -0.3 is 10.6 Å². The van der Waals surface area contributed by atoms with Crippen molar-refractivity contribution < 1.29 is 4.79 Å². The molecule has 0 bridgehead atoms. The highest BCUT2D eigenvalue weighted by Crippen LogP contribution is 2.40. The Hall–Kier alpha value is -1.64. The monoisotopic (exact) mass is 378 g/mol. The smallest absolute Gasteiger partial charge is 0.225 e. The third kappa shape index (κ3) is 3.96. The van der Waals surface area contributed by atoms with Crippen LogP contribution in [0.3, 0.4) is 0 Å². The minimum absolute atomic E-state index is 0.00703. The van der Waals surface area contributed by atoms with Crippen LogP contribution in [0.5, 0.6) is 0 Å². The highest BCUT2D eigenvalue weighted by atomic mass is 35.5. The van der Waals surface area contributed by atoms with Gasteiger partial charge in [0.2, 0.25) is 5.91 Å². The van der Waals surface area contributed by atoms with E-state index in [0.717, 1.165) is 36.7 Å². The molecule has 4 rings (SSSR count). The molecular formula is C16H19ClN6OS. The third-order valence-electron chi connectivity index (χ3n) is 4.32. The van der Waals surface area contributed by atoms with Crippen LogP contribution in [0, 0.1) is 0 Å². The Bertz CT molecular complexity index is 772. The molecule has 9 heteroatoms. The maximum atomic E-state index is 12.3. The van der Waals surface area contributed by atoms with Crippen LogP contribution in [0.4, 0.5) is 5.69 Å². The quantitative estimate of drug-likeness (QED) is 0.829. The second-order valence-corrected chi connectivity index (χ2v) is 7.92. The summed E-state index contributed by atoms with van der Waals surface area (Å²) >= 11 is 8.21. The fourth-order valence-corrected chi connectivity index (χ4v) is 4.05. The van der Waals surface area contributed by atoms with Gasteiger partial charge in [-0.05, 0) is 41.5 Å². The van der Waals surface area contributed by atoms with Crippen molar-refractivity contribution in [1.29, 1.82) is 0 Å². The van der Waals surface area contributed by atoms with Gasteiger partial charge in [0.1, 0.15) is 0 Å². The van der Waals surface area contributed by atoms with Crippen molar-refractivity contribution in [1.82, 2.24) is 25.5 Å². The fraction of sp³-hybridized carbons (Fsp3) is 0.500. The Morgan fingerprint density at radius 1 is 1.44 bits per heavy atom. The van der Waals surface area contributed by atoms with Crippen molar-refractivity contribution in [2.24, 2.45) is 0 Å². The average molecular weight is 379 g/mol. The summed E-state index contributed by atoms with van der Waals surface area (Å²) in [7, 11) is 0. The van der Waals surface area contributed by atoms with Gasteiger partial charge >= 0.3 is 0 Å². The number of rotatable bonds is 5. The van der Waals surface area contributed by atoms with Crippen LogP contribution in [0.1, 0.15) is 31.0 Å². The predicted octanol–water partition coefficient (Wildman–Crippen LogP) is 2.23. The number of nitrogens with one attached hydrogen (secondary N) is 2. The van der Waals surface area contributed by atoms with Gasteiger partial charge in [-0.2, -0.15) is 16.4 Å². The first-order chi connectivity index (χ1) is 12.2. The molecule has 1 aromatic carbocycles. The van der Waals surface area contributed by atoms with Gasteiger partial charge in [-0.15, -0.1) is 5.10 Å². The molecule has 2 fully saturated rings. The molecule has 25 heavy (non-hydrogen) atoms. The highest BCUT2D eigenvalue weighted by molar-refractivity contribution is 7.99. The number of halogens is 1. The Balaban J connectivity index is 1.49. The van der Waals surface area contributed by atoms with E-state index in [-0.39, 0.29) is 11.9 Å². The zero-order valence-electron chi connectivity index (χ0n) is 13.6. The summed E-state index contributed by atoms with van der Waals surface area (Å²) in [4.78, 5) is 12.3. The van der Waals surface area contributed by atoms with Crippen molar-refractivity contribution in [3.8, 4) is 5.69 Å². The van der Waals surface area contributed by atoms with Crippen LogP contribution in [-0.4, -0.2) is 50.2 Å². The number of anilines is 1. The van der Waals surface area contributed by atoms with Crippen molar-refractivity contribution in [3.63, 3.8) is 0 Å². The Morgan fingerprint density at radius 2 is 2.32 bits per heavy atom. The maximum Gasteiger partial charge on any atom is 0.225 e. The number of nitrogens with zero attached hydrogens (tertiary/aromatic N) is 4. The first-order valence-electron chi connectivity index (χ1n) is 8.40. The SMILES string of the molecule is O=C(CC1CSCCN1)Nc1ccc(Cl)c(-n2nnnc2C2CC2)c1. The number of carbonyl (C=O) groups is 1. The number of hydrogen-bond donors (Lipinski definition) is 2. The molecule has 1 atom stereocenters. The number of thioether (sulfide) groups is 1.